The Morgan fingerprint density at radius 1 is 1.22 bits per heavy atom. The number of nitrogens with zero attached hydrogens (tertiary/aromatic N) is 2. The smallest absolute Gasteiger partial charge is 0.400 e. The number of nitro groups is 1. The number of carbonyl (C=O) groups is 2. The second-order valence-corrected chi connectivity index (χ2v) is 4.39. The van der Waals surface area contributed by atoms with E-state index in [2.05, 4.69) is 15.8 Å². The molecule has 0 saturated heterocycles. The van der Waals surface area contributed by atoms with Crippen LogP contribution in [0.5, 0.6) is 0 Å². The average Bonchev–Trinajstić information content (AvgIpc) is 2.96. The van der Waals surface area contributed by atoms with Gasteiger partial charge in [0.1, 0.15) is 4.92 Å². The predicted molar refractivity (Wildman–Crippen MR) is 81.2 cm³/mol. The summed E-state index contributed by atoms with van der Waals surface area (Å²) in [4.78, 5) is 32.5. The molecule has 0 aliphatic heterocycles. The average molecular weight is 316 g/mol. The van der Waals surface area contributed by atoms with E-state index in [0.29, 0.717) is 11.3 Å². The molecular weight excluding hydrogens is 304 g/mol. The first kappa shape index (κ1) is 15.9. The van der Waals surface area contributed by atoms with E-state index < -0.39 is 16.7 Å². The highest BCUT2D eigenvalue weighted by Crippen LogP contribution is 2.13. The molecule has 0 aliphatic carbocycles. The van der Waals surface area contributed by atoms with Crippen LogP contribution in [-0.2, 0) is 4.79 Å². The maximum absolute atomic E-state index is 11.8. The van der Waals surface area contributed by atoms with Crippen LogP contribution in [0, 0.1) is 10.1 Å². The molecule has 0 bridgehead atoms. The van der Waals surface area contributed by atoms with Gasteiger partial charge in [-0.25, -0.2) is 5.43 Å². The van der Waals surface area contributed by atoms with Gasteiger partial charge < -0.3 is 9.73 Å². The minimum Gasteiger partial charge on any atom is -0.400 e. The zero-order valence-corrected chi connectivity index (χ0v) is 12.0. The van der Waals surface area contributed by atoms with Gasteiger partial charge >= 0.3 is 5.88 Å². The molecule has 2 aromatic rings. The molecule has 0 fully saturated rings. The lowest BCUT2D eigenvalue weighted by Crippen LogP contribution is -2.17. The van der Waals surface area contributed by atoms with E-state index in [1.54, 1.807) is 12.1 Å². The summed E-state index contributed by atoms with van der Waals surface area (Å²) in [7, 11) is 0. The fraction of sp³-hybridized carbons (Fsp3) is 0.0714. The Labute approximate surface area is 130 Å². The van der Waals surface area contributed by atoms with Gasteiger partial charge in [0, 0.05) is 18.2 Å². The third-order valence-electron chi connectivity index (χ3n) is 2.62. The fourth-order valence-corrected chi connectivity index (χ4v) is 1.64. The van der Waals surface area contributed by atoms with Crippen molar-refractivity contribution in [3.05, 3.63) is 57.8 Å². The Kier molecular flexibility index (Phi) is 4.82. The molecule has 0 saturated carbocycles. The van der Waals surface area contributed by atoms with E-state index in [1.807, 2.05) is 0 Å². The van der Waals surface area contributed by atoms with Gasteiger partial charge in [-0.05, 0) is 30.3 Å². The number of hydrazone groups is 1. The Hall–Kier alpha value is -3.49. The highest BCUT2D eigenvalue weighted by atomic mass is 16.6. The van der Waals surface area contributed by atoms with E-state index in [1.165, 1.54) is 31.2 Å². The van der Waals surface area contributed by atoms with Crippen molar-refractivity contribution in [1.29, 1.82) is 0 Å². The highest BCUT2D eigenvalue weighted by Gasteiger charge is 2.10. The number of hydrogen-bond acceptors (Lipinski definition) is 6. The van der Waals surface area contributed by atoms with Gasteiger partial charge in [-0.3, -0.25) is 19.7 Å². The molecule has 9 heteroatoms. The normalized spacial score (nSPS) is 10.5. The summed E-state index contributed by atoms with van der Waals surface area (Å²) in [6, 6.07) is 8.74. The third-order valence-corrected chi connectivity index (χ3v) is 2.62. The van der Waals surface area contributed by atoms with Crippen LogP contribution >= 0.6 is 0 Å². The van der Waals surface area contributed by atoms with Crippen molar-refractivity contribution in [1.82, 2.24) is 5.43 Å². The molecule has 1 heterocycles. The molecule has 9 nitrogen and oxygen atoms in total. The molecular formula is C14H12N4O5. The molecule has 0 unspecified atom stereocenters. The number of rotatable bonds is 5. The number of furan rings is 1. The van der Waals surface area contributed by atoms with E-state index >= 15 is 0 Å². The van der Waals surface area contributed by atoms with Gasteiger partial charge in [0.15, 0.2) is 5.76 Å². The van der Waals surface area contributed by atoms with E-state index in [9.17, 15) is 19.7 Å². The van der Waals surface area contributed by atoms with Gasteiger partial charge in [-0.2, -0.15) is 5.10 Å². The molecule has 1 aromatic heterocycles. The Balaban J connectivity index is 1.94. The van der Waals surface area contributed by atoms with Crippen molar-refractivity contribution in [2.75, 3.05) is 5.32 Å². The molecule has 0 spiro atoms. The summed E-state index contributed by atoms with van der Waals surface area (Å²) < 4.78 is 4.85. The van der Waals surface area contributed by atoms with E-state index in [0.717, 1.165) is 6.21 Å². The number of amides is 2. The first-order valence-corrected chi connectivity index (χ1v) is 6.41. The standard InChI is InChI=1S/C14H12N4O5/c1-9(19)16-11-4-2-10(3-5-11)14(20)17-15-8-12-6-7-13(23-12)18(21)22/h2-8H,1H3,(H,16,19)(H,17,20)/b15-8+. The van der Waals surface area contributed by atoms with E-state index in [4.69, 9.17) is 4.42 Å². The summed E-state index contributed by atoms with van der Waals surface area (Å²) in [6.07, 6.45) is 1.15. The van der Waals surface area contributed by atoms with Crippen LogP contribution in [0.4, 0.5) is 11.6 Å². The van der Waals surface area contributed by atoms with Crippen LogP contribution in [0.3, 0.4) is 0 Å². The zero-order chi connectivity index (χ0) is 16.8. The van der Waals surface area contributed by atoms with Crippen LogP contribution < -0.4 is 10.7 Å². The molecule has 23 heavy (non-hydrogen) atoms. The SMILES string of the molecule is CC(=O)Nc1ccc(C(=O)N/N=C/c2ccc([N+](=O)[O-])o2)cc1. The molecule has 2 rings (SSSR count). The Bertz CT molecular complexity index is 764. The largest absolute Gasteiger partial charge is 0.433 e. The molecule has 2 N–H and O–H groups in total. The minimum atomic E-state index is -0.674. The Morgan fingerprint density at radius 3 is 2.48 bits per heavy atom. The molecule has 0 aliphatic rings. The molecule has 118 valence electrons. The van der Waals surface area contributed by atoms with Crippen molar-refractivity contribution in [3.8, 4) is 0 Å². The van der Waals surface area contributed by atoms with E-state index in [-0.39, 0.29) is 11.7 Å². The highest BCUT2D eigenvalue weighted by molar-refractivity contribution is 5.95. The zero-order valence-electron chi connectivity index (χ0n) is 12.0. The number of benzene rings is 1. The van der Waals surface area contributed by atoms with Crippen molar-refractivity contribution < 1.29 is 18.9 Å². The van der Waals surface area contributed by atoms with Crippen molar-refractivity contribution >= 4 is 29.6 Å². The van der Waals surface area contributed by atoms with Crippen LogP contribution in [0.15, 0.2) is 45.9 Å². The summed E-state index contributed by atoms with van der Waals surface area (Å²) in [5.41, 5.74) is 3.16. The summed E-state index contributed by atoms with van der Waals surface area (Å²) >= 11 is 0. The topological polar surface area (TPSA) is 127 Å². The van der Waals surface area contributed by atoms with Crippen LogP contribution in [-0.4, -0.2) is 23.0 Å². The van der Waals surface area contributed by atoms with Crippen LogP contribution in [0.1, 0.15) is 23.0 Å². The lowest BCUT2D eigenvalue weighted by atomic mass is 10.2. The van der Waals surface area contributed by atoms with Crippen LogP contribution in [0.2, 0.25) is 0 Å². The minimum absolute atomic E-state index is 0.137. The van der Waals surface area contributed by atoms with Gasteiger partial charge in [0.2, 0.25) is 5.91 Å². The second kappa shape index (κ2) is 6.98. The van der Waals surface area contributed by atoms with Crippen molar-refractivity contribution in [3.63, 3.8) is 0 Å². The molecule has 1 aromatic carbocycles. The summed E-state index contributed by atoms with van der Waals surface area (Å²) in [6.45, 7) is 1.38. The monoisotopic (exact) mass is 316 g/mol. The van der Waals surface area contributed by atoms with Crippen LogP contribution in [0.25, 0.3) is 0 Å². The summed E-state index contributed by atoms with van der Waals surface area (Å²) in [5.74, 6) is -0.958. The third kappa shape index (κ3) is 4.49. The van der Waals surface area contributed by atoms with Gasteiger partial charge in [-0.15, -0.1) is 0 Å². The first-order chi connectivity index (χ1) is 11.0. The molecule has 2 amide bonds. The lowest BCUT2D eigenvalue weighted by molar-refractivity contribution is -0.402. The Morgan fingerprint density at radius 2 is 1.91 bits per heavy atom. The van der Waals surface area contributed by atoms with Crippen molar-refractivity contribution in [2.24, 2.45) is 5.10 Å². The number of nitrogens with one attached hydrogen (secondary N) is 2. The number of carbonyl (C=O) groups excluding carboxylic acids is 2. The second-order valence-electron chi connectivity index (χ2n) is 4.39. The van der Waals surface area contributed by atoms with Gasteiger partial charge in [0.05, 0.1) is 12.3 Å². The quantitative estimate of drug-likeness (QED) is 0.495. The maximum Gasteiger partial charge on any atom is 0.433 e. The molecule has 0 radical (unpaired) electrons. The number of hydrogen-bond donors (Lipinski definition) is 2. The van der Waals surface area contributed by atoms with Crippen molar-refractivity contribution in [2.45, 2.75) is 6.92 Å². The maximum atomic E-state index is 11.8. The lowest BCUT2D eigenvalue weighted by Gasteiger charge is -2.03. The number of anilines is 1. The molecule has 0 atom stereocenters. The predicted octanol–water partition coefficient (Wildman–Crippen LogP) is 1.91. The summed E-state index contributed by atoms with van der Waals surface area (Å²) in [5, 5.41) is 16.7. The van der Waals surface area contributed by atoms with Gasteiger partial charge in [-0.1, -0.05) is 0 Å². The fourth-order valence-electron chi connectivity index (χ4n) is 1.64. The first-order valence-electron chi connectivity index (χ1n) is 6.41. The van der Waals surface area contributed by atoms with Gasteiger partial charge in [0.25, 0.3) is 5.91 Å².